The molecule has 5 nitrogen and oxygen atoms in total. The quantitative estimate of drug-likeness (QED) is 0.809. The van der Waals surface area contributed by atoms with Crippen LogP contribution in [0.15, 0.2) is 36.4 Å². The van der Waals surface area contributed by atoms with Crippen molar-refractivity contribution in [3.63, 3.8) is 0 Å². The summed E-state index contributed by atoms with van der Waals surface area (Å²) in [6, 6.07) is 8.23. The van der Waals surface area contributed by atoms with Crippen molar-refractivity contribution in [2.75, 3.05) is 22.1 Å². The molecule has 0 aromatic heterocycles. The Morgan fingerprint density at radius 1 is 0.962 bits per heavy atom. The summed E-state index contributed by atoms with van der Waals surface area (Å²) in [4.78, 5) is 23.8. The van der Waals surface area contributed by atoms with Crippen LogP contribution >= 0.6 is 0 Å². The number of nitrogens with one attached hydrogen (secondary N) is 2. The minimum absolute atomic E-state index is 0.214. The number of carbonyl (C=O) groups is 2. The molecule has 0 bridgehead atoms. The normalized spacial score (nSPS) is 11.7. The summed E-state index contributed by atoms with van der Waals surface area (Å²) in [5, 5.41) is 4.89. The van der Waals surface area contributed by atoms with Crippen molar-refractivity contribution in [1.82, 2.24) is 0 Å². The zero-order chi connectivity index (χ0) is 19.3. The Hall–Kier alpha value is -2.61. The molecule has 0 heterocycles. The molecule has 2 rings (SSSR count). The maximum Gasteiger partial charge on any atom is 0.237 e. The van der Waals surface area contributed by atoms with Crippen molar-refractivity contribution in [3.05, 3.63) is 59.2 Å². The SMILES string of the molecule is Cc1cccc(C)c1NC(=O)C[S@@](=O)CC(=O)Nc1ccc(F)cc1F. The molecule has 0 aliphatic rings. The predicted molar refractivity (Wildman–Crippen MR) is 97.4 cm³/mol. The van der Waals surface area contributed by atoms with E-state index >= 15 is 0 Å². The molecule has 2 aromatic rings. The fourth-order valence-electron chi connectivity index (χ4n) is 2.31. The Bertz CT molecular complexity index is 851. The Kier molecular flexibility index (Phi) is 6.57. The molecule has 0 saturated carbocycles. The van der Waals surface area contributed by atoms with Crippen LogP contribution in [0.25, 0.3) is 0 Å². The largest absolute Gasteiger partial charge is 0.325 e. The Morgan fingerprint density at radius 3 is 2.12 bits per heavy atom. The van der Waals surface area contributed by atoms with Gasteiger partial charge in [-0.25, -0.2) is 8.78 Å². The minimum atomic E-state index is -1.77. The number of benzene rings is 2. The number of halogens is 2. The van der Waals surface area contributed by atoms with Crippen molar-refractivity contribution in [3.8, 4) is 0 Å². The maximum atomic E-state index is 13.5. The average Bonchev–Trinajstić information content (AvgIpc) is 2.53. The number of amides is 2. The van der Waals surface area contributed by atoms with Crippen LogP contribution in [-0.4, -0.2) is 27.5 Å². The van der Waals surface area contributed by atoms with Gasteiger partial charge >= 0.3 is 0 Å². The first-order chi connectivity index (χ1) is 12.3. The van der Waals surface area contributed by atoms with Crippen molar-refractivity contribution in [2.45, 2.75) is 13.8 Å². The third-order valence-electron chi connectivity index (χ3n) is 3.53. The molecule has 0 unspecified atom stereocenters. The Balaban J connectivity index is 1.89. The fraction of sp³-hybridized carbons (Fsp3) is 0.222. The third-order valence-corrected chi connectivity index (χ3v) is 4.70. The van der Waals surface area contributed by atoms with Crippen molar-refractivity contribution < 1.29 is 22.6 Å². The highest BCUT2D eigenvalue weighted by molar-refractivity contribution is 7.86. The van der Waals surface area contributed by atoms with Gasteiger partial charge in [0.05, 0.1) is 5.69 Å². The van der Waals surface area contributed by atoms with Crippen LogP contribution in [0.4, 0.5) is 20.2 Å². The van der Waals surface area contributed by atoms with E-state index in [4.69, 9.17) is 0 Å². The van der Waals surface area contributed by atoms with Crippen LogP contribution in [0.2, 0.25) is 0 Å². The molecule has 2 aromatic carbocycles. The highest BCUT2D eigenvalue weighted by Crippen LogP contribution is 2.19. The highest BCUT2D eigenvalue weighted by atomic mass is 32.2. The standard InChI is InChI=1S/C18H18F2N2O3S/c1-11-4-3-5-12(2)18(11)22-17(24)10-26(25)9-16(23)21-15-7-6-13(19)8-14(15)20/h3-8H,9-10H2,1-2H3,(H,21,23)(H,22,24)/t26-/m0/s1. The molecule has 0 fully saturated rings. The maximum absolute atomic E-state index is 13.5. The second kappa shape index (κ2) is 8.66. The summed E-state index contributed by atoms with van der Waals surface area (Å²) < 4.78 is 38.3. The molecule has 2 N–H and O–H groups in total. The molecule has 0 radical (unpaired) electrons. The van der Waals surface area contributed by atoms with E-state index in [1.807, 2.05) is 32.0 Å². The zero-order valence-electron chi connectivity index (χ0n) is 14.3. The smallest absolute Gasteiger partial charge is 0.237 e. The van der Waals surface area contributed by atoms with Crippen LogP contribution in [0.3, 0.4) is 0 Å². The Morgan fingerprint density at radius 2 is 1.54 bits per heavy atom. The number of hydrogen-bond donors (Lipinski definition) is 2. The molecule has 138 valence electrons. The van der Waals surface area contributed by atoms with Gasteiger partial charge in [0.2, 0.25) is 11.8 Å². The molecule has 0 aliphatic carbocycles. The van der Waals surface area contributed by atoms with Gasteiger partial charge in [-0.05, 0) is 37.1 Å². The zero-order valence-corrected chi connectivity index (χ0v) is 15.1. The van der Waals surface area contributed by atoms with E-state index in [-0.39, 0.29) is 11.4 Å². The Labute approximate surface area is 152 Å². The summed E-state index contributed by atoms with van der Waals surface area (Å²) in [5.41, 5.74) is 2.17. The number of rotatable bonds is 6. The van der Waals surface area contributed by atoms with Crippen LogP contribution in [0.1, 0.15) is 11.1 Å². The van der Waals surface area contributed by atoms with Gasteiger partial charge in [-0.15, -0.1) is 0 Å². The summed E-state index contributed by atoms with van der Waals surface area (Å²) >= 11 is 0. The number of anilines is 2. The van der Waals surface area contributed by atoms with Crippen LogP contribution in [0.5, 0.6) is 0 Å². The van der Waals surface area contributed by atoms with Gasteiger partial charge in [0.15, 0.2) is 0 Å². The predicted octanol–water partition coefficient (Wildman–Crippen LogP) is 2.91. The van der Waals surface area contributed by atoms with Crippen molar-refractivity contribution >= 4 is 34.0 Å². The topological polar surface area (TPSA) is 75.3 Å². The third kappa shape index (κ3) is 5.45. The van der Waals surface area contributed by atoms with E-state index in [0.29, 0.717) is 11.8 Å². The summed E-state index contributed by atoms with van der Waals surface area (Å²) in [6.07, 6.45) is 0. The van der Waals surface area contributed by atoms with Crippen molar-refractivity contribution in [2.24, 2.45) is 0 Å². The summed E-state index contributed by atoms with van der Waals surface area (Å²) in [6.45, 7) is 3.68. The van der Waals surface area contributed by atoms with E-state index in [0.717, 1.165) is 23.3 Å². The lowest BCUT2D eigenvalue weighted by Crippen LogP contribution is -2.27. The van der Waals surface area contributed by atoms with Gasteiger partial charge in [-0.3, -0.25) is 13.8 Å². The molecular formula is C18H18F2N2O3S. The first-order valence-corrected chi connectivity index (χ1v) is 9.21. The molecule has 0 spiro atoms. The van der Waals surface area contributed by atoms with Gasteiger partial charge in [0, 0.05) is 22.6 Å². The van der Waals surface area contributed by atoms with Crippen molar-refractivity contribution in [1.29, 1.82) is 0 Å². The van der Waals surface area contributed by atoms with E-state index in [1.165, 1.54) is 0 Å². The summed E-state index contributed by atoms with van der Waals surface area (Å²) in [7, 11) is -1.77. The number of para-hydroxylation sites is 1. The van der Waals surface area contributed by atoms with E-state index in [2.05, 4.69) is 10.6 Å². The van der Waals surface area contributed by atoms with Gasteiger partial charge < -0.3 is 10.6 Å². The van der Waals surface area contributed by atoms with E-state index in [9.17, 15) is 22.6 Å². The highest BCUT2D eigenvalue weighted by Gasteiger charge is 2.15. The molecule has 26 heavy (non-hydrogen) atoms. The minimum Gasteiger partial charge on any atom is -0.325 e. The summed E-state index contributed by atoms with van der Waals surface area (Å²) in [5.74, 6) is -3.76. The second-order valence-corrected chi connectivity index (χ2v) is 7.17. The van der Waals surface area contributed by atoms with Crippen LogP contribution in [0, 0.1) is 25.5 Å². The van der Waals surface area contributed by atoms with Gasteiger partial charge in [-0.2, -0.15) is 0 Å². The second-order valence-electron chi connectivity index (χ2n) is 5.72. The van der Waals surface area contributed by atoms with Crippen LogP contribution in [-0.2, 0) is 20.4 Å². The average molecular weight is 380 g/mol. The molecule has 1 atom stereocenters. The first-order valence-electron chi connectivity index (χ1n) is 7.72. The molecule has 0 aliphatic heterocycles. The van der Waals surface area contributed by atoms with E-state index < -0.39 is 40.0 Å². The van der Waals surface area contributed by atoms with Gasteiger partial charge in [0.1, 0.15) is 23.1 Å². The molecular weight excluding hydrogens is 362 g/mol. The lowest BCUT2D eigenvalue weighted by atomic mass is 10.1. The first kappa shape index (κ1) is 19.7. The number of hydrogen-bond acceptors (Lipinski definition) is 3. The lowest BCUT2D eigenvalue weighted by molar-refractivity contribution is -0.114. The lowest BCUT2D eigenvalue weighted by Gasteiger charge is -2.11. The number of aryl methyl sites for hydroxylation is 2. The van der Waals surface area contributed by atoms with Crippen LogP contribution < -0.4 is 10.6 Å². The molecule has 0 saturated heterocycles. The van der Waals surface area contributed by atoms with E-state index in [1.54, 1.807) is 0 Å². The monoisotopic (exact) mass is 380 g/mol. The van der Waals surface area contributed by atoms with Gasteiger partial charge in [-0.1, -0.05) is 18.2 Å². The van der Waals surface area contributed by atoms with Gasteiger partial charge in [0.25, 0.3) is 0 Å². The number of carbonyl (C=O) groups excluding carboxylic acids is 2. The molecule has 8 heteroatoms. The fourth-order valence-corrected chi connectivity index (χ4v) is 3.14. The molecule has 2 amide bonds.